The molecule has 0 bridgehead atoms. The summed E-state index contributed by atoms with van der Waals surface area (Å²) in [7, 11) is 0. The number of aryl methyl sites for hydroxylation is 2. The van der Waals surface area contributed by atoms with Crippen LogP contribution in [0.2, 0.25) is 0 Å². The molecule has 1 unspecified atom stereocenters. The zero-order valence-electron chi connectivity index (χ0n) is 12.7. The summed E-state index contributed by atoms with van der Waals surface area (Å²) in [6.45, 7) is 6.28. The number of thiazole rings is 1. The molecule has 0 spiro atoms. The molecule has 1 atom stereocenters. The normalized spacial score (nSPS) is 17.7. The van der Waals surface area contributed by atoms with Crippen LogP contribution < -0.4 is 5.32 Å². The summed E-state index contributed by atoms with van der Waals surface area (Å²) in [5.41, 5.74) is 1.53. The van der Waals surface area contributed by atoms with Gasteiger partial charge in [-0.2, -0.15) is 0 Å². The molecule has 0 aliphatic heterocycles. The van der Waals surface area contributed by atoms with E-state index >= 15 is 0 Å². The van der Waals surface area contributed by atoms with Crippen LogP contribution in [-0.2, 0) is 12.0 Å². The molecule has 0 amide bonds. The molecule has 1 N–H and O–H groups in total. The molecule has 1 aromatic carbocycles. The van der Waals surface area contributed by atoms with Crippen LogP contribution in [0.15, 0.2) is 24.3 Å². The summed E-state index contributed by atoms with van der Waals surface area (Å²) in [6, 6.07) is 7.59. The van der Waals surface area contributed by atoms with E-state index in [4.69, 9.17) is 4.98 Å². The Balaban J connectivity index is 1.94. The number of hydrogen-bond acceptors (Lipinski definition) is 3. The summed E-state index contributed by atoms with van der Waals surface area (Å²) < 4.78 is 14.0. The van der Waals surface area contributed by atoms with E-state index in [2.05, 4.69) is 19.2 Å². The van der Waals surface area contributed by atoms with Gasteiger partial charge < -0.3 is 5.32 Å². The maximum Gasteiger partial charge on any atom is 0.126 e. The standard InChI is InChI=1S/C17H21FN2S/c1-11-12(2)21-16(19-11)17(3,20-14-8-9-14)10-13-6-4-5-7-15(13)18/h4-7,14,20H,8-10H2,1-3H3. The predicted molar refractivity (Wildman–Crippen MR) is 85.2 cm³/mol. The number of halogens is 1. The van der Waals surface area contributed by atoms with E-state index in [-0.39, 0.29) is 11.4 Å². The maximum atomic E-state index is 14.0. The van der Waals surface area contributed by atoms with Crippen LogP contribution in [0.1, 0.15) is 40.9 Å². The number of benzene rings is 1. The van der Waals surface area contributed by atoms with Gasteiger partial charge in [0.2, 0.25) is 0 Å². The maximum absolute atomic E-state index is 14.0. The second-order valence-corrected chi connectivity index (χ2v) is 7.38. The van der Waals surface area contributed by atoms with E-state index in [1.165, 1.54) is 23.8 Å². The van der Waals surface area contributed by atoms with E-state index in [0.717, 1.165) is 16.3 Å². The van der Waals surface area contributed by atoms with Gasteiger partial charge >= 0.3 is 0 Å². The summed E-state index contributed by atoms with van der Waals surface area (Å²) in [5.74, 6) is -0.133. The van der Waals surface area contributed by atoms with Crippen molar-refractivity contribution in [1.82, 2.24) is 10.3 Å². The highest BCUT2D eigenvalue weighted by atomic mass is 32.1. The van der Waals surface area contributed by atoms with Crippen molar-refractivity contribution in [3.05, 3.63) is 51.2 Å². The van der Waals surface area contributed by atoms with Gasteiger partial charge in [0, 0.05) is 10.9 Å². The predicted octanol–water partition coefficient (Wildman–Crippen LogP) is 4.11. The first-order valence-corrected chi connectivity index (χ1v) is 8.25. The first-order chi connectivity index (χ1) is 9.98. The fraction of sp³-hybridized carbons (Fsp3) is 0.471. The summed E-state index contributed by atoms with van der Waals surface area (Å²) in [5, 5.41) is 4.74. The van der Waals surface area contributed by atoms with Gasteiger partial charge in [-0.1, -0.05) is 18.2 Å². The molecule has 112 valence electrons. The highest BCUT2D eigenvalue weighted by Crippen LogP contribution is 2.34. The van der Waals surface area contributed by atoms with Crippen LogP contribution in [-0.4, -0.2) is 11.0 Å². The Bertz CT molecular complexity index is 628. The molecule has 1 fully saturated rings. The smallest absolute Gasteiger partial charge is 0.126 e. The molecule has 0 saturated heterocycles. The third-order valence-corrected chi connectivity index (χ3v) is 5.44. The molecule has 4 heteroatoms. The minimum Gasteiger partial charge on any atom is -0.303 e. The summed E-state index contributed by atoms with van der Waals surface area (Å²) >= 11 is 1.72. The van der Waals surface area contributed by atoms with Crippen LogP contribution in [0, 0.1) is 19.7 Å². The number of aromatic nitrogens is 1. The van der Waals surface area contributed by atoms with Gasteiger partial charge in [0.25, 0.3) is 0 Å². The molecule has 1 aliphatic rings. The lowest BCUT2D eigenvalue weighted by Crippen LogP contribution is -2.43. The fourth-order valence-electron chi connectivity index (χ4n) is 2.60. The third kappa shape index (κ3) is 3.16. The average molecular weight is 304 g/mol. The Morgan fingerprint density at radius 1 is 1.33 bits per heavy atom. The zero-order chi connectivity index (χ0) is 15.0. The number of nitrogens with one attached hydrogen (secondary N) is 1. The van der Waals surface area contributed by atoms with Crippen LogP contribution in [0.25, 0.3) is 0 Å². The molecule has 3 rings (SSSR count). The van der Waals surface area contributed by atoms with Gasteiger partial charge in [0.15, 0.2) is 0 Å². The lowest BCUT2D eigenvalue weighted by Gasteiger charge is -2.29. The van der Waals surface area contributed by atoms with E-state index < -0.39 is 0 Å². The molecule has 2 nitrogen and oxygen atoms in total. The van der Waals surface area contributed by atoms with Crippen LogP contribution in [0.5, 0.6) is 0 Å². The highest BCUT2D eigenvalue weighted by Gasteiger charge is 2.37. The Labute approximate surface area is 129 Å². The van der Waals surface area contributed by atoms with Crippen molar-refractivity contribution in [2.24, 2.45) is 0 Å². The van der Waals surface area contributed by atoms with Crippen molar-refractivity contribution < 1.29 is 4.39 Å². The van der Waals surface area contributed by atoms with Crippen molar-refractivity contribution in [2.75, 3.05) is 0 Å². The molecule has 1 aliphatic carbocycles. The van der Waals surface area contributed by atoms with Gasteiger partial charge in [0.05, 0.1) is 11.2 Å². The van der Waals surface area contributed by atoms with Crippen LogP contribution in [0.4, 0.5) is 4.39 Å². The van der Waals surface area contributed by atoms with E-state index in [9.17, 15) is 4.39 Å². The monoisotopic (exact) mass is 304 g/mol. The van der Waals surface area contributed by atoms with E-state index in [0.29, 0.717) is 12.5 Å². The molecule has 21 heavy (non-hydrogen) atoms. The van der Waals surface area contributed by atoms with Crippen molar-refractivity contribution in [3.8, 4) is 0 Å². The van der Waals surface area contributed by atoms with Crippen LogP contribution in [0.3, 0.4) is 0 Å². The second-order valence-electron chi connectivity index (χ2n) is 6.18. The lowest BCUT2D eigenvalue weighted by atomic mass is 9.92. The first-order valence-electron chi connectivity index (χ1n) is 7.43. The fourth-order valence-corrected chi connectivity index (χ4v) is 3.62. The Hall–Kier alpha value is -1.26. The van der Waals surface area contributed by atoms with Gasteiger partial charge in [-0.15, -0.1) is 11.3 Å². The summed E-state index contributed by atoms with van der Waals surface area (Å²) in [6.07, 6.45) is 3.04. The minimum absolute atomic E-state index is 0.133. The van der Waals surface area contributed by atoms with Crippen molar-refractivity contribution >= 4 is 11.3 Å². The SMILES string of the molecule is Cc1nc(C(C)(Cc2ccccc2F)NC2CC2)sc1C. The molecular weight excluding hydrogens is 283 g/mol. The molecule has 1 saturated carbocycles. The van der Waals surface area contributed by atoms with Crippen molar-refractivity contribution in [1.29, 1.82) is 0 Å². The van der Waals surface area contributed by atoms with E-state index in [1.807, 2.05) is 19.1 Å². The zero-order valence-corrected chi connectivity index (χ0v) is 13.6. The van der Waals surface area contributed by atoms with E-state index in [1.54, 1.807) is 17.4 Å². The molecular formula is C17H21FN2S. The van der Waals surface area contributed by atoms with Gasteiger partial charge in [-0.05, 0) is 51.7 Å². The Morgan fingerprint density at radius 2 is 2.05 bits per heavy atom. The van der Waals surface area contributed by atoms with Gasteiger partial charge in [-0.3, -0.25) is 0 Å². The number of hydrogen-bond donors (Lipinski definition) is 1. The van der Waals surface area contributed by atoms with Gasteiger partial charge in [-0.25, -0.2) is 9.37 Å². The molecule has 0 radical (unpaired) electrons. The lowest BCUT2D eigenvalue weighted by molar-refractivity contribution is 0.352. The molecule has 2 aromatic rings. The average Bonchev–Trinajstić information content (AvgIpc) is 3.17. The van der Waals surface area contributed by atoms with Gasteiger partial charge in [0.1, 0.15) is 10.8 Å². The molecule has 1 aromatic heterocycles. The highest BCUT2D eigenvalue weighted by molar-refractivity contribution is 7.11. The Kier molecular flexibility index (Phi) is 3.84. The van der Waals surface area contributed by atoms with Crippen LogP contribution >= 0.6 is 11.3 Å². The first kappa shape index (κ1) is 14.7. The topological polar surface area (TPSA) is 24.9 Å². The Morgan fingerprint density at radius 3 is 2.62 bits per heavy atom. The quantitative estimate of drug-likeness (QED) is 0.899. The third-order valence-electron chi connectivity index (χ3n) is 4.10. The van der Waals surface area contributed by atoms with Crippen molar-refractivity contribution in [3.63, 3.8) is 0 Å². The number of rotatable bonds is 5. The number of nitrogens with zero attached hydrogens (tertiary/aromatic N) is 1. The summed E-state index contributed by atoms with van der Waals surface area (Å²) in [4.78, 5) is 5.96. The molecule has 1 heterocycles. The second kappa shape index (κ2) is 5.50. The minimum atomic E-state index is -0.299. The largest absolute Gasteiger partial charge is 0.303 e. The van der Waals surface area contributed by atoms with Crippen molar-refractivity contribution in [2.45, 2.75) is 51.6 Å².